The number of nitrogens with one attached hydrogen (secondary N) is 3. The Morgan fingerprint density at radius 3 is 2.64 bits per heavy atom. The minimum absolute atomic E-state index is 0.0487. The molecule has 0 radical (unpaired) electrons. The van der Waals surface area contributed by atoms with Crippen molar-refractivity contribution < 1.29 is 34.2 Å². The third-order valence-corrected chi connectivity index (χ3v) is 8.09. The first kappa shape index (κ1) is 30.6. The van der Waals surface area contributed by atoms with Crippen LogP contribution >= 0.6 is 0 Å². The van der Waals surface area contributed by atoms with Crippen LogP contribution in [0.25, 0.3) is 0 Å². The number of aliphatic carboxylic acids is 1. The van der Waals surface area contributed by atoms with E-state index in [1.165, 1.54) is 5.01 Å². The summed E-state index contributed by atoms with van der Waals surface area (Å²) >= 11 is 0. The molecule has 1 saturated heterocycles. The van der Waals surface area contributed by atoms with E-state index in [1.807, 2.05) is 24.6 Å². The Hall–Kier alpha value is -2.99. The molecule has 3 heterocycles. The van der Waals surface area contributed by atoms with Crippen LogP contribution in [0.1, 0.15) is 103 Å². The lowest BCUT2D eigenvalue weighted by Crippen LogP contribution is -2.61. The second-order valence-electron chi connectivity index (χ2n) is 10.8. The maximum atomic E-state index is 13.8. The third-order valence-electron chi connectivity index (χ3n) is 8.09. The van der Waals surface area contributed by atoms with Gasteiger partial charge in [0.05, 0.1) is 12.6 Å². The number of carboxylic acid groups (broad SMARTS) is 1. The summed E-state index contributed by atoms with van der Waals surface area (Å²) in [5.74, 6) is -3.00. The highest BCUT2D eigenvalue weighted by Gasteiger charge is 2.39. The van der Waals surface area contributed by atoms with Crippen LogP contribution in [0.15, 0.2) is 12.3 Å². The lowest BCUT2D eigenvalue weighted by atomic mass is 9.93. The van der Waals surface area contributed by atoms with Gasteiger partial charge in [-0.15, -0.1) is 4.68 Å². The minimum atomic E-state index is -1.12. The Bertz CT molecular complexity index is 1010. The van der Waals surface area contributed by atoms with Crippen LogP contribution in [-0.4, -0.2) is 51.2 Å². The standard InChI is InChI=1S/C27H44N6O6/c1-4-6-7-10-19(17-23(34)30-39)26(36)33-21(11-8-14-28-33)25(35)29-24(18(3)5-2)20-13-16-32-22(27(37)38)12-9-15-31(20)32/h13,16,18-19,21-22,24,28H,4-12,14-15,17H2,1-3H3,(H3-,29,30,34,35,37,38,39). The number of rotatable bonds is 13. The highest BCUT2D eigenvalue weighted by atomic mass is 16.5. The summed E-state index contributed by atoms with van der Waals surface area (Å²) in [4.78, 5) is 51.0. The number of hydroxylamine groups is 1. The van der Waals surface area contributed by atoms with Crippen LogP contribution in [0, 0.1) is 11.8 Å². The summed E-state index contributed by atoms with van der Waals surface area (Å²) in [7, 11) is 0. The second-order valence-corrected chi connectivity index (χ2v) is 10.8. The fourth-order valence-corrected chi connectivity index (χ4v) is 5.65. The van der Waals surface area contributed by atoms with Crippen LogP contribution in [0.5, 0.6) is 0 Å². The van der Waals surface area contributed by atoms with Gasteiger partial charge in [-0.2, -0.15) is 4.68 Å². The minimum Gasteiger partial charge on any atom is -0.543 e. The second kappa shape index (κ2) is 14.4. The van der Waals surface area contributed by atoms with Gasteiger partial charge in [0, 0.05) is 31.4 Å². The largest absolute Gasteiger partial charge is 0.543 e. The third kappa shape index (κ3) is 7.36. The summed E-state index contributed by atoms with van der Waals surface area (Å²) in [6.45, 7) is 7.29. The van der Waals surface area contributed by atoms with Gasteiger partial charge in [0.15, 0.2) is 6.20 Å². The number of carbonyl (C=O) groups is 4. The lowest BCUT2D eigenvalue weighted by molar-refractivity contribution is -0.797. The normalized spacial score (nSPS) is 21.4. The van der Waals surface area contributed by atoms with Gasteiger partial charge in [-0.3, -0.25) is 24.6 Å². The molecule has 5 unspecified atom stereocenters. The van der Waals surface area contributed by atoms with Gasteiger partial charge in [0.1, 0.15) is 17.7 Å². The molecule has 0 spiro atoms. The SMILES string of the molecule is CCCCCC(CC(=O)NO)C(=O)N1NCCCC1C(=O)NC(c1cc[n+]2n1CCCC2C(=O)[O-])C(C)CC. The number of carbonyl (C=O) groups excluding carboxylic acids is 4. The number of aromatic nitrogens is 2. The van der Waals surface area contributed by atoms with Crippen molar-refractivity contribution in [1.29, 1.82) is 0 Å². The summed E-state index contributed by atoms with van der Waals surface area (Å²) < 4.78 is 3.60. The lowest BCUT2D eigenvalue weighted by Gasteiger charge is -2.38. The highest BCUT2D eigenvalue weighted by molar-refractivity contribution is 5.90. The zero-order valence-electron chi connectivity index (χ0n) is 23.4. The molecule has 0 bridgehead atoms. The van der Waals surface area contributed by atoms with Gasteiger partial charge in [0.25, 0.3) is 0 Å². The maximum absolute atomic E-state index is 13.8. The number of hydrazine groups is 1. The number of hydrogen-bond donors (Lipinski definition) is 4. The molecule has 0 aliphatic carbocycles. The van der Waals surface area contributed by atoms with Crippen molar-refractivity contribution in [2.45, 2.75) is 110 Å². The monoisotopic (exact) mass is 548 g/mol. The van der Waals surface area contributed by atoms with E-state index < -0.39 is 29.9 Å². The van der Waals surface area contributed by atoms with E-state index in [4.69, 9.17) is 5.21 Å². The molecule has 2 aliphatic rings. The van der Waals surface area contributed by atoms with Crippen molar-refractivity contribution in [1.82, 2.24) is 25.9 Å². The van der Waals surface area contributed by atoms with E-state index in [0.717, 1.165) is 31.4 Å². The Labute approximate surface area is 230 Å². The molecular weight excluding hydrogens is 504 g/mol. The van der Waals surface area contributed by atoms with Crippen molar-refractivity contribution >= 4 is 23.7 Å². The molecule has 5 atom stereocenters. The first-order valence-corrected chi connectivity index (χ1v) is 14.3. The van der Waals surface area contributed by atoms with Gasteiger partial charge >= 0.3 is 0 Å². The van der Waals surface area contributed by atoms with Gasteiger partial charge in [-0.25, -0.2) is 10.9 Å². The number of nitrogens with zero attached hydrogens (tertiary/aromatic N) is 3. The number of unbranched alkanes of at least 4 members (excludes halogenated alkanes) is 2. The zero-order chi connectivity index (χ0) is 28.5. The molecule has 1 aromatic rings. The fourth-order valence-electron chi connectivity index (χ4n) is 5.65. The van der Waals surface area contributed by atoms with E-state index in [0.29, 0.717) is 45.2 Å². The molecule has 39 heavy (non-hydrogen) atoms. The van der Waals surface area contributed by atoms with Gasteiger partial charge in [0.2, 0.25) is 23.8 Å². The van der Waals surface area contributed by atoms with E-state index in [1.54, 1.807) is 16.4 Å². The van der Waals surface area contributed by atoms with Crippen molar-refractivity contribution in [2.24, 2.45) is 11.8 Å². The predicted octanol–water partition coefficient (Wildman–Crippen LogP) is 0.651. The van der Waals surface area contributed by atoms with Crippen LogP contribution < -0.4 is 26.0 Å². The first-order valence-electron chi connectivity index (χ1n) is 14.3. The topological polar surface area (TPSA) is 160 Å². The molecule has 0 aromatic carbocycles. The Morgan fingerprint density at radius 2 is 1.97 bits per heavy atom. The number of carboxylic acids is 1. The number of fused-ring (bicyclic) bond motifs is 1. The average Bonchev–Trinajstić information content (AvgIpc) is 3.38. The van der Waals surface area contributed by atoms with E-state index in [9.17, 15) is 24.3 Å². The Kier molecular flexibility index (Phi) is 11.3. The summed E-state index contributed by atoms with van der Waals surface area (Å²) in [6, 6.07) is -0.0403. The van der Waals surface area contributed by atoms with E-state index in [2.05, 4.69) is 17.7 Å². The molecule has 12 heteroatoms. The van der Waals surface area contributed by atoms with Crippen LogP contribution in [0.2, 0.25) is 0 Å². The molecule has 0 saturated carbocycles. The molecule has 4 N–H and O–H groups in total. The average molecular weight is 549 g/mol. The quantitative estimate of drug-likeness (QED) is 0.122. The Balaban J connectivity index is 1.83. The summed E-state index contributed by atoms with van der Waals surface area (Å²) in [5.41, 5.74) is 5.52. The molecule has 1 fully saturated rings. The molecule has 3 amide bonds. The van der Waals surface area contributed by atoms with Crippen molar-refractivity contribution in [3.63, 3.8) is 0 Å². The Morgan fingerprint density at radius 1 is 1.21 bits per heavy atom. The van der Waals surface area contributed by atoms with Crippen LogP contribution in [0.3, 0.4) is 0 Å². The summed E-state index contributed by atoms with van der Waals surface area (Å²) in [5, 5.41) is 25.3. The van der Waals surface area contributed by atoms with Crippen LogP contribution in [0.4, 0.5) is 0 Å². The summed E-state index contributed by atoms with van der Waals surface area (Å²) in [6.07, 6.45) is 7.84. The van der Waals surface area contributed by atoms with Crippen molar-refractivity contribution in [2.75, 3.05) is 6.54 Å². The molecule has 2 aliphatic heterocycles. The molecule has 1 aromatic heterocycles. The number of amides is 3. The van der Waals surface area contributed by atoms with Gasteiger partial charge < -0.3 is 15.2 Å². The van der Waals surface area contributed by atoms with E-state index in [-0.39, 0.29) is 30.2 Å². The fraction of sp³-hybridized carbons (Fsp3) is 0.741. The van der Waals surface area contributed by atoms with Crippen molar-refractivity contribution in [3.8, 4) is 0 Å². The van der Waals surface area contributed by atoms with E-state index >= 15 is 0 Å². The highest BCUT2D eigenvalue weighted by Crippen LogP contribution is 2.28. The smallest absolute Gasteiger partial charge is 0.244 e. The van der Waals surface area contributed by atoms with Crippen molar-refractivity contribution in [3.05, 3.63) is 18.0 Å². The molecule has 12 nitrogen and oxygen atoms in total. The predicted molar refractivity (Wildman–Crippen MR) is 138 cm³/mol. The maximum Gasteiger partial charge on any atom is 0.244 e. The molecule has 218 valence electrons. The van der Waals surface area contributed by atoms with Crippen LogP contribution in [-0.2, 0) is 25.7 Å². The first-order chi connectivity index (χ1) is 18.7. The number of hydrogen-bond acceptors (Lipinski definition) is 7. The molecule has 3 rings (SSSR count). The molecular formula is C27H44N6O6. The van der Waals surface area contributed by atoms with Gasteiger partial charge in [-0.05, 0) is 31.6 Å². The zero-order valence-corrected chi connectivity index (χ0v) is 23.4. The van der Waals surface area contributed by atoms with Gasteiger partial charge in [-0.1, -0.05) is 46.5 Å².